The lowest BCUT2D eigenvalue weighted by molar-refractivity contribution is -0.199. The third kappa shape index (κ3) is 4.20. The molecular weight excluding hydrogens is 277 g/mol. The Bertz CT molecular complexity index is 442. The Hall–Kier alpha value is -1.07. The van der Waals surface area contributed by atoms with Gasteiger partial charge in [-0.25, -0.2) is 0 Å². The minimum Gasteiger partial charge on any atom is -0.271 e. The maximum Gasteiger partial charge on any atom is 0.392 e. The Morgan fingerprint density at radius 2 is 1.81 bits per heavy atom. The average molecular weight is 300 g/mol. The summed E-state index contributed by atoms with van der Waals surface area (Å²) >= 11 is 0. The van der Waals surface area contributed by atoms with Crippen molar-refractivity contribution in [3.05, 3.63) is 35.4 Å². The minimum atomic E-state index is -4.13. The van der Waals surface area contributed by atoms with Crippen LogP contribution in [0.1, 0.15) is 36.8 Å². The maximum absolute atomic E-state index is 13.2. The van der Waals surface area contributed by atoms with Gasteiger partial charge in [0.1, 0.15) is 0 Å². The third-order valence-electron chi connectivity index (χ3n) is 4.55. The summed E-state index contributed by atoms with van der Waals surface area (Å²) in [6, 6.07) is 7.55. The molecule has 1 saturated carbocycles. The summed E-state index contributed by atoms with van der Waals surface area (Å²) in [5.41, 5.74) is 4.80. The third-order valence-corrected chi connectivity index (χ3v) is 4.55. The molecule has 1 aromatic carbocycles. The van der Waals surface area contributed by atoms with E-state index in [1.807, 2.05) is 31.2 Å². The van der Waals surface area contributed by atoms with Gasteiger partial charge in [0.25, 0.3) is 0 Å². The number of rotatable bonds is 4. The molecular formula is C16H23F3N2. The number of hydrogen-bond acceptors (Lipinski definition) is 2. The second kappa shape index (κ2) is 6.79. The molecule has 2 rings (SSSR count). The fraction of sp³-hybridized carbons (Fsp3) is 0.625. The van der Waals surface area contributed by atoms with E-state index in [-0.39, 0.29) is 12.5 Å². The fourth-order valence-electron chi connectivity index (χ4n) is 3.36. The second-order valence-corrected chi connectivity index (χ2v) is 6.06. The lowest BCUT2D eigenvalue weighted by atomic mass is 9.73. The SMILES string of the molecule is Cc1ccc(CC(NN)C2CCCCC2C(F)(F)F)cc1. The zero-order valence-electron chi connectivity index (χ0n) is 12.3. The van der Waals surface area contributed by atoms with E-state index in [2.05, 4.69) is 5.43 Å². The number of nitrogens with one attached hydrogen (secondary N) is 1. The van der Waals surface area contributed by atoms with Crippen molar-refractivity contribution in [3.8, 4) is 0 Å². The Morgan fingerprint density at radius 3 is 2.38 bits per heavy atom. The first-order chi connectivity index (χ1) is 9.91. The molecule has 1 aromatic rings. The molecule has 0 saturated heterocycles. The zero-order chi connectivity index (χ0) is 15.5. The molecule has 3 unspecified atom stereocenters. The Balaban J connectivity index is 2.12. The highest BCUT2D eigenvalue weighted by Gasteiger charge is 2.47. The Labute approximate surface area is 123 Å². The quantitative estimate of drug-likeness (QED) is 0.656. The molecule has 3 N–H and O–H groups in total. The van der Waals surface area contributed by atoms with Crippen LogP contribution in [-0.4, -0.2) is 12.2 Å². The summed E-state index contributed by atoms with van der Waals surface area (Å²) in [6.07, 6.45) is -1.28. The topological polar surface area (TPSA) is 38.0 Å². The highest BCUT2D eigenvalue weighted by molar-refractivity contribution is 5.22. The first kappa shape index (κ1) is 16.3. The van der Waals surface area contributed by atoms with Gasteiger partial charge in [-0.05, 0) is 37.7 Å². The molecule has 1 aliphatic rings. The summed E-state index contributed by atoms with van der Waals surface area (Å²) in [5, 5.41) is 0. The van der Waals surface area contributed by atoms with Gasteiger partial charge in [0.15, 0.2) is 0 Å². The number of benzene rings is 1. The van der Waals surface area contributed by atoms with Gasteiger partial charge in [0.05, 0.1) is 5.92 Å². The van der Waals surface area contributed by atoms with Gasteiger partial charge in [0.2, 0.25) is 0 Å². The van der Waals surface area contributed by atoms with Crippen molar-refractivity contribution in [1.29, 1.82) is 0 Å². The molecule has 118 valence electrons. The van der Waals surface area contributed by atoms with Crippen LogP contribution in [0.4, 0.5) is 13.2 Å². The fourth-order valence-corrected chi connectivity index (χ4v) is 3.36. The van der Waals surface area contributed by atoms with Crippen molar-refractivity contribution in [2.24, 2.45) is 17.7 Å². The van der Waals surface area contributed by atoms with Crippen molar-refractivity contribution in [3.63, 3.8) is 0 Å². The van der Waals surface area contributed by atoms with Crippen LogP contribution in [0.3, 0.4) is 0 Å². The molecule has 0 radical (unpaired) electrons. The predicted octanol–water partition coefficient (Wildman–Crippen LogP) is 3.74. The minimum absolute atomic E-state index is 0.222. The van der Waals surface area contributed by atoms with Crippen LogP contribution in [0.25, 0.3) is 0 Å². The number of hydrazine groups is 1. The number of aryl methyl sites for hydroxylation is 1. The van der Waals surface area contributed by atoms with E-state index in [9.17, 15) is 13.2 Å². The van der Waals surface area contributed by atoms with E-state index in [1.165, 1.54) is 0 Å². The smallest absolute Gasteiger partial charge is 0.271 e. The molecule has 0 amide bonds. The monoisotopic (exact) mass is 300 g/mol. The predicted molar refractivity (Wildman–Crippen MR) is 77.5 cm³/mol. The largest absolute Gasteiger partial charge is 0.392 e. The van der Waals surface area contributed by atoms with E-state index < -0.39 is 18.0 Å². The van der Waals surface area contributed by atoms with Gasteiger partial charge in [-0.2, -0.15) is 13.2 Å². The molecule has 0 spiro atoms. The lowest BCUT2D eigenvalue weighted by Crippen LogP contribution is -2.49. The molecule has 0 heterocycles. The van der Waals surface area contributed by atoms with Crippen LogP contribution in [0.15, 0.2) is 24.3 Å². The Kier molecular flexibility index (Phi) is 5.27. The van der Waals surface area contributed by atoms with E-state index in [0.29, 0.717) is 19.3 Å². The molecule has 0 aliphatic heterocycles. The number of hydrogen-bond donors (Lipinski definition) is 2. The first-order valence-electron chi connectivity index (χ1n) is 7.50. The number of nitrogens with two attached hydrogens (primary N) is 1. The van der Waals surface area contributed by atoms with E-state index in [0.717, 1.165) is 17.5 Å². The molecule has 0 bridgehead atoms. The van der Waals surface area contributed by atoms with Crippen molar-refractivity contribution < 1.29 is 13.2 Å². The maximum atomic E-state index is 13.2. The van der Waals surface area contributed by atoms with E-state index >= 15 is 0 Å². The van der Waals surface area contributed by atoms with Crippen LogP contribution in [0, 0.1) is 18.8 Å². The summed E-state index contributed by atoms with van der Waals surface area (Å²) < 4.78 is 39.6. The standard InChI is InChI=1S/C16H23F3N2/c1-11-6-8-12(9-7-11)10-15(21-20)13-4-2-3-5-14(13)16(17,18)19/h6-9,13-15,21H,2-5,10,20H2,1H3. The van der Waals surface area contributed by atoms with Gasteiger partial charge < -0.3 is 0 Å². The van der Waals surface area contributed by atoms with Gasteiger partial charge in [0, 0.05) is 6.04 Å². The highest BCUT2D eigenvalue weighted by Crippen LogP contribution is 2.43. The summed E-state index contributed by atoms with van der Waals surface area (Å²) in [6.45, 7) is 1.99. The number of halogens is 3. The summed E-state index contributed by atoms with van der Waals surface area (Å²) in [4.78, 5) is 0. The first-order valence-corrected chi connectivity index (χ1v) is 7.50. The second-order valence-electron chi connectivity index (χ2n) is 6.06. The summed E-state index contributed by atoms with van der Waals surface area (Å²) in [7, 11) is 0. The molecule has 3 atom stereocenters. The van der Waals surface area contributed by atoms with Crippen molar-refractivity contribution >= 4 is 0 Å². The average Bonchev–Trinajstić information content (AvgIpc) is 2.46. The van der Waals surface area contributed by atoms with Crippen molar-refractivity contribution in [1.82, 2.24) is 5.43 Å². The van der Waals surface area contributed by atoms with Gasteiger partial charge in [-0.1, -0.05) is 42.7 Å². The molecule has 1 aliphatic carbocycles. The van der Waals surface area contributed by atoms with Crippen LogP contribution in [-0.2, 0) is 6.42 Å². The van der Waals surface area contributed by atoms with Crippen LogP contribution in [0.5, 0.6) is 0 Å². The Morgan fingerprint density at radius 1 is 1.19 bits per heavy atom. The number of alkyl halides is 3. The van der Waals surface area contributed by atoms with Crippen LogP contribution in [0.2, 0.25) is 0 Å². The summed E-state index contributed by atoms with van der Waals surface area (Å²) in [5.74, 6) is 3.89. The van der Waals surface area contributed by atoms with Gasteiger partial charge in [-0.3, -0.25) is 11.3 Å². The van der Waals surface area contributed by atoms with E-state index in [1.54, 1.807) is 0 Å². The molecule has 0 aromatic heterocycles. The van der Waals surface area contributed by atoms with Crippen molar-refractivity contribution in [2.45, 2.75) is 51.2 Å². The normalized spacial score (nSPS) is 24.8. The van der Waals surface area contributed by atoms with Gasteiger partial charge >= 0.3 is 6.18 Å². The van der Waals surface area contributed by atoms with Gasteiger partial charge in [-0.15, -0.1) is 0 Å². The molecule has 5 heteroatoms. The molecule has 21 heavy (non-hydrogen) atoms. The zero-order valence-corrected chi connectivity index (χ0v) is 12.3. The molecule has 2 nitrogen and oxygen atoms in total. The highest BCUT2D eigenvalue weighted by atomic mass is 19.4. The molecule has 1 fully saturated rings. The van der Waals surface area contributed by atoms with Crippen molar-refractivity contribution in [2.75, 3.05) is 0 Å². The van der Waals surface area contributed by atoms with Crippen LogP contribution < -0.4 is 11.3 Å². The van der Waals surface area contributed by atoms with E-state index in [4.69, 9.17) is 5.84 Å². The van der Waals surface area contributed by atoms with Crippen LogP contribution >= 0.6 is 0 Å². The lowest BCUT2D eigenvalue weighted by Gasteiger charge is -2.38.